The molecule has 0 saturated carbocycles. The number of rotatable bonds is 5. The van der Waals surface area contributed by atoms with Crippen LogP contribution < -0.4 is 21.5 Å². The van der Waals surface area contributed by atoms with Crippen LogP contribution in [0.1, 0.15) is 23.1 Å². The maximum atomic E-state index is 14.4. The van der Waals surface area contributed by atoms with Crippen molar-refractivity contribution in [1.82, 2.24) is 15.0 Å². The molecule has 1 atom stereocenters. The molecule has 0 aliphatic carbocycles. The number of pyridine rings is 1. The fraction of sp³-hybridized carbons (Fsp3) is 0.312. The Morgan fingerprint density at radius 1 is 1.33 bits per heavy atom. The zero-order valence-electron chi connectivity index (χ0n) is 15.3. The molecule has 2 aromatic heterocycles. The molecule has 0 radical (unpaired) electrons. The van der Waals surface area contributed by atoms with Crippen molar-refractivity contribution in [2.45, 2.75) is 18.4 Å². The molecule has 0 spiro atoms. The minimum atomic E-state index is -3.64. The van der Waals surface area contributed by atoms with E-state index >= 15 is 0 Å². The molecule has 1 aliphatic rings. The highest BCUT2D eigenvalue weighted by Gasteiger charge is 2.57. The van der Waals surface area contributed by atoms with Gasteiger partial charge in [0.1, 0.15) is 17.3 Å². The molecule has 3 heterocycles. The molecule has 2 aromatic rings. The molecule has 0 bridgehead atoms. The van der Waals surface area contributed by atoms with E-state index in [9.17, 15) is 22.4 Å². The molecule has 14 heteroatoms. The molecule has 1 aliphatic heterocycles. The third-order valence-electron chi connectivity index (χ3n) is 4.19. The van der Waals surface area contributed by atoms with Gasteiger partial charge in [-0.05, 0) is 19.1 Å². The largest absolute Gasteiger partial charge is 0.459 e. The number of nitrogen functional groups attached to an aromatic ring is 1. The van der Waals surface area contributed by atoms with Crippen LogP contribution in [0.15, 0.2) is 23.3 Å². The summed E-state index contributed by atoms with van der Waals surface area (Å²) in [5.41, 5.74) is 7.34. The highest BCUT2D eigenvalue weighted by atomic mass is 19.3. The van der Waals surface area contributed by atoms with Crippen molar-refractivity contribution in [3.8, 4) is 5.88 Å². The van der Waals surface area contributed by atoms with Crippen LogP contribution >= 0.6 is 0 Å². The number of amidine groups is 1. The van der Waals surface area contributed by atoms with Crippen LogP contribution in [0.3, 0.4) is 0 Å². The molecule has 0 saturated heterocycles. The summed E-state index contributed by atoms with van der Waals surface area (Å²) in [6, 6.07) is 1.31. The number of ether oxygens (including phenoxy) is 2. The molecule has 3 rings (SSSR count). The number of nitrogens with one attached hydrogen (secondary N) is 1. The first kappa shape index (κ1) is 21.0. The fourth-order valence-electron chi connectivity index (χ4n) is 2.58. The van der Waals surface area contributed by atoms with Crippen molar-refractivity contribution >= 4 is 23.6 Å². The van der Waals surface area contributed by atoms with E-state index in [0.29, 0.717) is 0 Å². The number of aliphatic imine (C=N–C) groups is 1. The summed E-state index contributed by atoms with van der Waals surface area (Å²) in [5, 5.41) is 2.24. The Hall–Kier alpha value is -3.71. The minimum Gasteiger partial charge on any atom is -0.459 e. The third kappa shape index (κ3) is 3.75. The van der Waals surface area contributed by atoms with Gasteiger partial charge >= 0.3 is 5.92 Å². The third-order valence-corrected chi connectivity index (χ3v) is 4.19. The second-order valence-electron chi connectivity index (χ2n) is 6.19. The number of amides is 1. The van der Waals surface area contributed by atoms with Gasteiger partial charge in [0.15, 0.2) is 23.7 Å². The number of hydrogen-bond donors (Lipinski definition) is 3. The number of nitrogens with two attached hydrogens (primary N) is 2. The van der Waals surface area contributed by atoms with Crippen molar-refractivity contribution in [3.63, 3.8) is 0 Å². The highest BCUT2D eigenvalue weighted by molar-refractivity contribution is 6.05. The fourth-order valence-corrected chi connectivity index (χ4v) is 2.58. The maximum Gasteiger partial charge on any atom is 0.311 e. The van der Waals surface area contributed by atoms with Gasteiger partial charge in [0, 0.05) is 0 Å². The molecule has 5 N–H and O–H groups in total. The predicted octanol–water partition coefficient (Wildman–Crippen LogP) is 1.35. The van der Waals surface area contributed by atoms with Crippen LogP contribution in [0, 0.1) is 5.82 Å². The van der Waals surface area contributed by atoms with Gasteiger partial charge in [-0.3, -0.25) is 4.79 Å². The quantitative estimate of drug-likeness (QED) is 0.603. The van der Waals surface area contributed by atoms with Crippen LogP contribution in [-0.4, -0.2) is 46.3 Å². The Labute approximate surface area is 166 Å². The van der Waals surface area contributed by atoms with Crippen molar-refractivity contribution in [1.29, 1.82) is 0 Å². The first-order valence-electron chi connectivity index (χ1n) is 8.23. The van der Waals surface area contributed by atoms with Crippen molar-refractivity contribution < 1.29 is 31.8 Å². The van der Waals surface area contributed by atoms with Crippen molar-refractivity contribution in [2.75, 3.05) is 24.5 Å². The van der Waals surface area contributed by atoms with Gasteiger partial charge in [-0.1, -0.05) is 0 Å². The Balaban J connectivity index is 1.93. The minimum absolute atomic E-state index is 0.251. The second kappa shape index (κ2) is 7.61. The molecule has 0 aromatic carbocycles. The summed E-state index contributed by atoms with van der Waals surface area (Å²) >= 11 is 0. The molecular formula is C16H15F4N7O3. The lowest BCUT2D eigenvalue weighted by Gasteiger charge is -2.36. The molecule has 1 amide bonds. The smallest absolute Gasteiger partial charge is 0.311 e. The van der Waals surface area contributed by atoms with E-state index in [2.05, 4.69) is 34.7 Å². The lowest BCUT2D eigenvalue weighted by Crippen LogP contribution is -2.51. The topological polar surface area (TPSA) is 151 Å². The summed E-state index contributed by atoms with van der Waals surface area (Å²) in [4.78, 5) is 27.0. The number of hydrogen-bond acceptors (Lipinski definition) is 9. The lowest BCUT2D eigenvalue weighted by molar-refractivity contribution is -0.118. The molecule has 0 fully saturated rings. The summed E-state index contributed by atoms with van der Waals surface area (Å²) < 4.78 is 64.4. The number of nitrogens with zero attached hydrogens (tertiary/aromatic N) is 4. The molecular weight excluding hydrogens is 414 g/mol. The summed E-state index contributed by atoms with van der Waals surface area (Å²) in [5.74, 6) is -6.60. The first-order valence-corrected chi connectivity index (χ1v) is 8.23. The van der Waals surface area contributed by atoms with E-state index in [1.54, 1.807) is 0 Å². The Morgan fingerprint density at radius 2 is 2.07 bits per heavy atom. The molecule has 160 valence electrons. The van der Waals surface area contributed by atoms with Gasteiger partial charge in [0.05, 0.1) is 6.20 Å². The summed E-state index contributed by atoms with van der Waals surface area (Å²) in [6.07, 6.45) is 0.954. The van der Waals surface area contributed by atoms with E-state index in [1.165, 1.54) is 0 Å². The number of carbonyl (C=O) groups is 1. The number of anilines is 2. The van der Waals surface area contributed by atoms with Crippen molar-refractivity contribution in [3.05, 3.63) is 35.5 Å². The van der Waals surface area contributed by atoms with Gasteiger partial charge in [0.25, 0.3) is 11.9 Å². The molecule has 1 unspecified atom stereocenters. The average molecular weight is 429 g/mol. The Kier molecular flexibility index (Phi) is 5.33. The van der Waals surface area contributed by atoms with Gasteiger partial charge in [-0.2, -0.15) is 13.8 Å². The van der Waals surface area contributed by atoms with Crippen LogP contribution in [0.2, 0.25) is 0 Å². The van der Waals surface area contributed by atoms with E-state index in [0.717, 1.165) is 25.3 Å². The van der Waals surface area contributed by atoms with Gasteiger partial charge < -0.3 is 26.3 Å². The van der Waals surface area contributed by atoms with E-state index in [-0.39, 0.29) is 23.2 Å². The zero-order valence-corrected chi connectivity index (χ0v) is 15.3. The highest BCUT2D eigenvalue weighted by Crippen LogP contribution is 2.43. The molecule has 30 heavy (non-hydrogen) atoms. The first-order chi connectivity index (χ1) is 14.1. The second-order valence-corrected chi connectivity index (χ2v) is 6.19. The standard InChI is InChI=1S/C16H15F4N7O3/c1-15(16(19,20)5-29-14(22)27-15)11-7(18)2-3-8(24-11)25-13(28)10-12(21)26-9(4-23-10)30-6-17/h2-4H,5-6H2,1H3,(H2,21,26)(H2,22,27)(H,24,25,28). The number of aromatic nitrogens is 3. The predicted molar refractivity (Wildman–Crippen MR) is 95.1 cm³/mol. The number of carbonyl (C=O) groups excluding carboxylic acids is 1. The lowest BCUT2D eigenvalue weighted by atomic mass is 9.89. The molecule has 10 nitrogen and oxygen atoms in total. The Morgan fingerprint density at radius 3 is 2.73 bits per heavy atom. The van der Waals surface area contributed by atoms with E-state index in [4.69, 9.17) is 11.5 Å². The van der Waals surface area contributed by atoms with E-state index < -0.39 is 48.4 Å². The van der Waals surface area contributed by atoms with Crippen LogP contribution in [-0.2, 0) is 10.3 Å². The van der Waals surface area contributed by atoms with Gasteiger partial charge in [0.2, 0.25) is 12.7 Å². The summed E-state index contributed by atoms with van der Waals surface area (Å²) in [6.45, 7) is -1.37. The SMILES string of the molecule is CC1(c2nc(NC(=O)c3ncc(OCF)nc3N)ccc2F)N=C(N)OCC1(F)F. The maximum absolute atomic E-state index is 14.4. The number of alkyl halides is 3. The number of halogens is 4. The normalized spacial score (nSPS) is 20.1. The van der Waals surface area contributed by atoms with Crippen LogP contribution in [0.25, 0.3) is 0 Å². The summed E-state index contributed by atoms with van der Waals surface area (Å²) in [7, 11) is 0. The zero-order chi connectivity index (χ0) is 22.1. The van der Waals surface area contributed by atoms with Crippen LogP contribution in [0.4, 0.5) is 29.2 Å². The Bertz CT molecular complexity index is 1020. The monoisotopic (exact) mass is 429 g/mol. The van der Waals surface area contributed by atoms with Crippen molar-refractivity contribution in [2.24, 2.45) is 10.7 Å². The van der Waals surface area contributed by atoms with Gasteiger partial charge in [-0.25, -0.2) is 23.7 Å². The van der Waals surface area contributed by atoms with E-state index in [1.807, 2.05) is 0 Å². The van der Waals surface area contributed by atoms with Crippen LogP contribution in [0.5, 0.6) is 5.88 Å². The average Bonchev–Trinajstić information content (AvgIpc) is 2.67. The van der Waals surface area contributed by atoms with Gasteiger partial charge in [-0.15, -0.1) is 0 Å².